The van der Waals surface area contributed by atoms with Crippen LogP contribution in [0.3, 0.4) is 0 Å². The summed E-state index contributed by atoms with van der Waals surface area (Å²) in [7, 11) is 2.14. The molecule has 0 amide bonds. The van der Waals surface area contributed by atoms with E-state index in [0.29, 0.717) is 5.09 Å². The average Bonchev–Trinajstić information content (AvgIpc) is 2.81. The second kappa shape index (κ2) is 6.26. The van der Waals surface area contributed by atoms with Crippen molar-refractivity contribution in [2.45, 2.75) is 5.09 Å². The third kappa shape index (κ3) is 3.76. The summed E-state index contributed by atoms with van der Waals surface area (Å²) in [6, 6.07) is 3.22. The maximum atomic E-state index is 10.7. The number of piperazine rings is 1. The van der Waals surface area contributed by atoms with Crippen molar-refractivity contribution in [2.24, 2.45) is 0 Å². The molecule has 0 aliphatic carbocycles. The predicted molar refractivity (Wildman–Crippen MR) is 70.3 cm³/mol. The number of hydrogen-bond acceptors (Lipinski definition) is 5. The summed E-state index contributed by atoms with van der Waals surface area (Å²) in [5, 5.41) is 9.42. The largest absolute Gasteiger partial charge is 0.475 e. The van der Waals surface area contributed by atoms with E-state index in [0.717, 1.165) is 38.5 Å². The van der Waals surface area contributed by atoms with Crippen molar-refractivity contribution in [1.82, 2.24) is 9.80 Å². The lowest BCUT2D eigenvalue weighted by Gasteiger charge is -2.32. The van der Waals surface area contributed by atoms with Crippen molar-refractivity contribution in [1.29, 1.82) is 0 Å². The van der Waals surface area contributed by atoms with Crippen LogP contribution in [-0.2, 0) is 0 Å². The van der Waals surface area contributed by atoms with Crippen LogP contribution in [0.5, 0.6) is 0 Å². The van der Waals surface area contributed by atoms with E-state index in [1.165, 1.54) is 6.07 Å². The van der Waals surface area contributed by atoms with Gasteiger partial charge in [0.1, 0.15) is 0 Å². The van der Waals surface area contributed by atoms with Gasteiger partial charge in [-0.3, -0.25) is 4.90 Å². The number of carboxylic acid groups (broad SMARTS) is 1. The standard InChI is InChI=1S/C12H18N2O3S/c1-13-4-6-14(7-5-13)8-9-18-11-3-2-10(17-11)12(15)16/h2-3H,4-9H2,1H3,(H,15,16). The molecule has 5 nitrogen and oxygen atoms in total. The first-order valence-corrected chi connectivity index (χ1v) is 7.00. The van der Waals surface area contributed by atoms with Crippen molar-refractivity contribution in [3.63, 3.8) is 0 Å². The Kier molecular flexibility index (Phi) is 4.68. The molecule has 1 aliphatic rings. The number of rotatable bonds is 5. The minimum absolute atomic E-state index is 0.0112. The second-order valence-electron chi connectivity index (χ2n) is 4.42. The molecule has 1 N–H and O–H groups in total. The first kappa shape index (κ1) is 13.5. The number of hydrogen-bond donors (Lipinski definition) is 1. The van der Waals surface area contributed by atoms with E-state index in [9.17, 15) is 4.79 Å². The number of nitrogens with zero attached hydrogens (tertiary/aromatic N) is 2. The van der Waals surface area contributed by atoms with Gasteiger partial charge in [-0.1, -0.05) is 11.8 Å². The average molecular weight is 270 g/mol. The van der Waals surface area contributed by atoms with Gasteiger partial charge in [0.25, 0.3) is 0 Å². The summed E-state index contributed by atoms with van der Waals surface area (Å²) in [6.45, 7) is 5.47. The molecule has 0 radical (unpaired) electrons. The highest BCUT2D eigenvalue weighted by Crippen LogP contribution is 2.21. The Bertz CT molecular complexity index is 400. The summed E-state index contributed by atoms with van der Waals surface area (Å²) in [4.78, 5) is 15.4. The number of likely N-dealkylation sites (N-methyl/N-ethyl adjacent to an activating group) is 1. The zero-order chi connectivity index (χ0) is 13.0. The molecule has 1 aliphatic heterocycles. The Labute approximate surface area is 111 Å². The van der Waals surface area contributed by atoms with Crippen LogP contribution in [0, 0.1) is 0 Å². The predicted octanol–water partition coefficient (Wildman–Crippen LogP) is 1.32. The highest BCUT2D eigenvalue weighted by molar-refractivity contribution is 7.99. The van der Waals surface area contributed by atoms with Crippen LogP contribution >= 0.6 is 11.8 Å². The van der Waals surface area contributed by atoms with E-state index in [2.05, 4.69) is 16.8 Å². The Hall–Kier alpha value is -0.980. The van der Waals surface area contributed by atoms with E-state index < -0.39 is 5.97 Å². The molecule has 2 heterocycles. The van der Waals surface area contributed by atoms with Gasteiger partial charge >= 0.3 is 5.97 Å². The first-order chi connectivity index (χ1) is 8.65. The molecule has 0 unspecified atom stereocenters. The maximum Gasteiger partial charge on any atom is 0.371 e. The Morgan fingerprint density at radius 1 is 1.39 bits per heavy atom. The molecule has 2 rings (SSSR count). The first-order valence-electron chi connectivity index (χ1n) is 6.02. The molecule has 0 spiro atoms. The quantitative estimate of drug-likeness (QED) is 0.814. The lowest BCUT2D eigenvalue weighted by Crippen LogP contribution is -2.45. The number of carbonyl (C=O) groups is 1. The SMILES string of the molecule is CN1CCN(CCSc2ccc(C(=O)O)o2)CC1. The molecular weight excluding hydrogens is 252 g/mol. The molecule has 1 saturated heterocycles. The summed E-state index contributed by atoms with van der Waals surface area (Å²) >= 11 is 1.57. The van der Waals surface area contributed by atoms with Crippen molar-refractivity contribution >= 4 is 17.7 Å². The monoisotopic (exact) mass is 270 g/mol. The number of carboxylic acids is 1. The lowest BCUT2D eigenvalue weighted by molar-refractivity contribution is 0.0656. The Morgan fingerprint density at radius 3 is 2.72 bits per heavy atom. The smallest absolute Gasteiger partial charge is 0.371 e. The van der Waals surface area contributed by atoms with E-state index in [1.807, 2.05) is 0 Å². The molecule has 1 fully saturated rings. The van der Waals surface area contributed by atoms with E-state index >= 15 is 0 Å². The minimum atomic E-state index is -1.01. The summed E-state index contributed by atoms with van der Waals surface area (Å²) in [5.41, 5.74) is 0. The van der Waals surface area contributed by atoms with Gasteiger partial charge in [0.15, 0.2) is 5.09 Å². The molecule has 100 valence electrons. The summed E-state index contributed by atoms with van der Waals surface area (Å²) < 4.78 is 5.19. The third-order valence-electron chi connectivity index (χ3n) is 3.04. The van der Waals surface area contributed by atoms with Crippen LogP contribution < -0.4 is 0 Å². The van der Waals surface area contributed by atoms with Crippen LogP contribution in [0.4, 0.5) is 0 Å². The number of thioether (sulfide) groups is 1. The fourth-order valence-electron chi connectivity index (χ4n) is 1.86. The van der Waals surface area contributed by atoms with E-state index in [4.69, 9.17) is 9.52 Å². The highest BCUT2D eigenvalue weighted by atomic mass is 32.2. The number of furan rings is 1. The van der Waals surface area contributed by atoms with Crippen LogP contribution in [0.1, 0.15) is 10.6 Å². The highest BCUT2D eigenvalue weighted by Gasteiger charge is 2.14. The number of aromatic carboxylic acids is 1. The van der Waals surface area contributed by atoms with Gasteiger partial charge < -0.3 is 14.4 Å². The van der Waals surface area contributed by atoms with E-state index in [1.54, 1.807) is 17.8 Å². The molecule has 0 bridgehead atoms. The molecule has 6 heteroatoms. The molecule has 1 aromatic rings. The molecule has 18 heavy (non-hydrogen) atoms. The van der Waals surface area contributed by atoms with E-state index in [-0.39, 0.29) is 5.76 Å². The van der Waals surface area contributed by atoms with Crippen LogP contribution in [0.2, 0.25) is 0 Å². The molecule has 0 aromatic carbocycles. The van der Waals surface area contributed by atoms with Crippen molar-refractivity contribution in [3.8, 4) is 0 Å². The normalized spacial score (nSPS) is 18.1. The van der Waals surface area contributed by atoms with Crippen LogP contribution in [0.15, 0.2) is 21.6 Å². The molecule has 0 saturated carbocycles. The molecule has 0 atom stereocenters. The van der Waals surface area contributed by atoms with Gasteiger partial charge in [-0.25, -0.2) is 4.79 Å². The maximum absolute atomic E-state index is 10.7. The van der Waals surface area contributed by atoms with Crippen molar-refractivity contribution in [3.05, 3.63) is 17.9 Å². The fraction of sp³-hybridized carbons (Fsp3) is 0.583. The van der Waals surface area contributed by atoms with Gasteiger partial charge in [0, 0.05) is 38.5 Å². The van der Waals surface area contributed by atoms with Gasteiger partial charge in [-0.2, -0.15) is 0 Å². The molecular formula is C12H18N2O3S. The zero-order valence-electron chi connectivity index (χ0n) is 10.5. The van der Waals surface area contributed by atoms with Crippen LogP contribution in [-0.4, -0.2) is 66.4 Å². The van der Waals surface area contributed by atoms with Crippen molar-refractivity contribution < 1.29 is 14.3 Å². The van der Waals surface area contributed by atoms with Gasteiger partial charge in [0.05, 0.1) is 0 Å². The van der Waals surface area contributed by atoms with Gasteiger partial charge in [-0.15, -0.1) is 0 Å². The summed E-state index contributed by atoms with van der Waals surface area (Å²) in [5.74, 6) is -0.0750. The fourth-order valence-corrected chi connectivity index (χ4v) is 2.72. The Balaban J connectivity index is 1.70. The van der Waals surface area contributed by atoms with Crippen LogP contribution in [0.25, 0.3) is 0 Å². The lowest BCUT2D eigenvalue weighted by atomic mass is 10.3. The summed E-state index contributed by atoms with van der Waals surface area (Å²) in [6.07, 6.45) is 0. The van der Waals surface area contributed by atoms with Crippen molar-refractivity contribution in [2.75, 3.05) is 45.5 Å². The Morgan fingerprint density at radius 2 is 2.11 bits per heavy atom. The zero-order valence-corrected chi connectivity index (χ0v) is 11.3. The van der Waals surface area contributed by atoms with Gasteiger partial charge in [0.2, 0.25) is 5.76 Å². The third-order valence-corrected chi connectivity index (χ3v) is 3.93. The second-order valence-corrected chi connectivity index (χ2v) is 5.52. The topological polar surface area (TPSA) is 56.9 Å². The minimum Gasteiger partial charge on any atom is -0.475 e. The molecule has 1 aromatic heterocycles. The van der Waals surface area contributed by atoms with Gasteiger partial charge in [-0.05, 0) is 19.2 Å².